The molecule has 0 aliphatic carbocycles. The van der Waals surface area contributed by atoms with E-state index in [0.717, 1.165) is 0 Å². The van der Waals surface area contributed by atoms with Gasteiger partial charge in [0.15, 0.2) is 0 Å². The van der Waals surface area contributed by atoms with Crippen molar-refractivity contribution in [3.05, 3.63) is 158 Å². The molecule has 0 unspecified atom stereocenters. The molecule has 12 aromatic rings. The van der Waals surface area contributed by atoms with Crippen LogP contribution in [0.3, 0.4) is 0 Å². The Balaban J connectivity index is 1.05. The molecule has 230 valence electrons. The Morgan fingerprint density at radius 2 is 0.660 bits per heavy atom. The molecule has 0 aliphatic rings. The van der Waals surface area contributed by atoms with Crippen molar-refractivity contribution in [2.75, 3.05) is 0 Å². The average molecular weight is 667 g/mol. The lowest BCUT2D eigenvalue weighted by Gasteiger charge is -2.15. The molecule has 2 heterocycles. The predicted octanol–water partition coefficient (Wildman–Crippen LogP) is 15.0. The first-order valence-corrected chi connectivity index (χ1v) is 18.8. The van der Waals surface area contributed by atoms with Crippen LogP contribution in [0.15, 0.2) is 158 Å². The lowest BCUT2D eigenvalue weighted by molar-refractivity contribution is 1.72. The van der Waals surface area contributed by atoms with E-state index >= 15 is 0 Å². The van der Waals surface area contributed by atoms with Gasteiger partial charge in [-0.3, -0.25) is 0 Å². The van der Waals surface area contributed by atoms with E-state index in [-0.39, 0.29) is 0 Å². The zero-order valence-corrected chi connectivity index (χ0v) is 28.5. The van der Waals surface area contributed by atoms with Gasteiger partial charge >= 0.3 is 0 Å². The molecule has 2 aromatic heterocycles. The number of hydrogen-bond acceptors (Lipinski definition) is 2. The van der Waals surface area contributed by atoms with Gasteiger partial charge in [0.2, 0.25) is 0 Å². The summed E-state index contributed by atoms with van der Waals surface area (Å²) in [5.74, 6) is 0. The number of fused-ring (bicyclic) bond motifs is 10. The summed E-state index contributed by atoms with van der Waals surface area (Å²) in [4.78, 5) is 0. The summed E-state index contributed by atoms with van der Waals surface area (Å²) in [6, 6.07) is 59.3. The minimum atomic E-state index is 1.28. The van der Waals surface area contributed by atoms with Crippen LogP contribution in [0.2, 0.25) is 0 Å². The second kappa shape index (κ2) is 9.89. The molecule has 0 saturated heterocycles. The summed E-state index contributed by atoms with van der Waals surface area (Å²) in [6.07, 6.45) is 0. The molecule has 0 amide bonds. The first-order chi connectivity index (χ1) is 24.8. The van der Waals surface area contributed by atoms with Gasteiger partial charge in [0.1, 0.15) is 0 Å². The Kier molecular flexibility index (Phi) is 5.35. The van der Waals surface area contributed by atoms with Crippen molar-refractivity contribution in [1.82, 2.24) is 0 Å². The molecule has 12 rings (SSSR count). The fourth-order valence-electron chi connectivity index (χ4n) is 8.74. The maximum Gasteiger partial charge on any atom is 0.0434 e. The average Bonchev–Trinajstić information content (AvgIpc) is 3.76. The summed E-state index contributed by atoms with van der Waals surface area (Å²) in [7, 11) is 0. The fraction of sp³-hybridized carbons (Fsp3) is 0. The summed E-state index contributed by atoms with van der Waals surface area (Å²) in [5.41, 5.74) is 5.18. The number of rotatable bonds is 2. The Morgan fingerprint density at radius 1 is 0.280 bits per heavy atom. The van der Waals surface area contributed by atoms with Crippen molar-refractivity contribution in [3.63, 3.8) is 0 Å². The molecule has 0 saturated carbocycles. The van der Waals surface area contributed by atoms with Crippen LogP contribution in [0.25, 0.3) is 116 Å². The molecule has 10 aromatic carbocycles. The predicted molar refractivity (Wildman–Crippen MR) is 222 cm³/mol. The highest BCUT2D eigenvalue weighted by Gasteiger charge is 2.18. The summed E-state index contributed by atoms with van der Waals surface area (Å²) < 4.78 is 5.41. The molecule has 0 radical (unpaired) electrons. The third-order valence-corrected chi connectivity index (χ3v) is 13.3. The molecule has 0 atom stereocenters. The molecule has 0 spiro atoms. The third kappa shape index (κ3) is 3.64. The van der Waals surface area contributed by atoms with Gasteiger partial charge in [-0.05, 0) is 113 Å². The summed E-state index contributed by atoms with van der Waals surface area (Å²) >= 11 is 3.83. The van der Waals surface area contributed by atoms with Crippen molar-refractivity contribution in [2.45, 2.75) is 0 Å². The number of benzene rings is 10. The summed E-state index contributed by atoms with van der Waals surface area (Å²) in [5, 5.41) is 18.6. The maximum atomic E-state index is 2.41. The second-order valence-corrected chi connectivity index (χ2v) is 15.7. The van der Waals surface area contributed by atoms with Crippen LogP contribution in [0, 0.1) is 0 Å². The molecular weight excluding hydrogens is 641 g/mol. The molecule has 50 heavy (non-hydrogen) atoms. The van der Waals surface area contributed by atoms with Crippen molar-refractivity contribution < 1.29 is 0 Å². The quantitative estimate of drug-likeness (QED) is 0.161. The molecule has 0 nitrogen and oxygen atoms in total. The highest BCUT2D eigenvalue weighted by molar-refractivity contribution is 7.27. The SMILES string of the molecule is c1ccc2c(c1)ccc1sc3c(-c4cc5ccc6cc(-c7cccc8c7sc7ccc9ccccc9c78)cc7ccc(c4)c5c67)cccc3c12. The zero-order valence-electron chi connectivity index (χ0n) is 26.8. The van der Waals surface area contributed by atoms with Gasteiger partial charge in [-0.15, -0.1) is 22.7 Å². The molecule has 0 aliphatic heterocycles. The topological polar surface area (TPSA) is 0 Å². The van der Waals surface area contributed by atoms with Crippen LogP contribution in [0.5, 0.6) is 0 Å². The van der Waals surface area contributed by atoms with Crippen molar-refractivity contribution in [1.29, 1.82) is 0 Å². The van der Waals surface area contributed by atoms with Crippen LogP contribution >= 0.6 is 22.7 Å². The highest BCUT2D eigenvalue weighted by atomic mass is 32.1. The molecule has 0 bridgehead atoms. The number of thiophene rings is 2. The van der Waals surface area contributed by atoms with Gasteiger partial charge in [-0.1, -0.05) is 121 Å². The van der Waals surface area contributed by atoms with E-state index in [9.17, 15) is 0 Å². The van der Waals surface area contributed by atoms with Gasteiger partial charge < -0.3 is 0 Å². The van der Waals surface area contributed by atoms with E-state index in [2.05, 4.69) is 158 Å². The molecule has 0 fully saturated rings. The van der Waals surface area contributed by atoms with Crippen molar-refractivity contribution in [2.24, 2.45) is 0 Å². The normalized spacial score (nSPS) is 12.4. The van der Waals surface area contributed by atoms with E-state index < -0.39 is 0 Å². The van der Waals surface area contributed by atoms with Gasteiger partial charge in [-0.25, -0.2) is 0 Å². The first kappa shape index (κ1) is 27.1. The minimum absolute atomic E-state index is 1.28. The van der Waals surface area contributed by atoms with Crippen LogP contribution in [0.1, 0.15) is 0 Å². The smallest absolute Gasteiger partial charge is 0.0434 e. The summed E-state index contributed by atoms with van der Waals surface area (Å²) in [6.45, 7) is 0. The largest absolute Gasteiger partial charge is 0.135 e. The van der Waals surface area contributed by atoms with Crippen molar-refractivity contribution in [3.8, 4) is 22.3 Å². The fourth-order valence-corrected chi connectivity index (χ4v) is 11.2. The molecular formula is C48H26S2. The minimum Gasteiger partial charge on any atom is -0.135 e. The number of hydrogen-bond donors (Lipinski definition) is 0. The van der Waals surface area contributed by atoms with E-state index in [1.54, 1.807) is 0 Å². The van der Waals surface area contributed by atoms with Gasteiger partial charge in [0, 0.05) is 40.3 Å². The lowest BCUT2D eigenvalue weighted by Crippen LogP contribution is -1.88. The Morgan fingerprint density at radius 3 is 1.10 bits per heavy atom. The molecule has 0 N–H and O–H groups in total. The van der Waals surface area contributed by atoms with Crippen LogP contribution < -0.4 is 0 Å². The van der Waals surface area contributed by atoms with Gasteiger partial charge in [0.05, 0.1) is 0 Å². The van der Waals surface area contributed by atoms with Crippen LogP contribution in [-0.4, -0.2) is 0 Å². The van der Waals surface area contributed by atoms with Gasteiger partial charge in [-0.2, -0.15) is 0 Å². The standard InChI is InChI=1S/C48H26S2/c1-3-9-35-27(7-1)19-21-41-45(35)39-13-5-11-37(47(39)49-41)33-23-29-15-17-31-25-34(26-32-18-16-30(24-33)43(29)44(31)32)38-12-6-14-40-46-36-10-4-2-8-28(36)20-22-42(46)50-48(38)40/h1-26H. The molecule has 2 heteroatoms. The Bertz CT molecular complexity index is 3080. The Labute approximate surface area is 295 Å². The van der Waals surface area contributed by atoms with E-state index in [0.29, 0.717) is 0 Å². The zero-order chi connectivity index (χ0) is 32.5. The first-order valence-electron chi connectivity index (χ1n) is 17.2. The van der Waals surface area contributed by atoms with Gasteiger partial charge in [0.25, 0.3) is 0 Å². The monoisotopic (exact) mass is 666 g/mol. The van der Waals surface area contributed by atoms with Crippen molar-refractivity contribution >= 4 is 117 Å². The lowest BCUT2D eigenvalue weighted by atomic mass is 9.89. The van der Waals surface area contributed by atoms with Crippen LogP contribution in [-0.2, 0) is 0 Å². The second-order valence-electron chi connectivity index (χ2n) is 13.6. The van der Waals surface area contributed by atoms with E-state index in [1.807, 2.05) is 22.7 Å². The maximum absolute atomic E-state index is 2.41. The third-order valence-electron chi connectivity index (χ3n) is 10.9. The highest BCUT2D eigenvalue weighted by Crippen LogP contribution is 2.47. The van der Waals surface area contributed by atoms with Crippen LogP contribution in [0.4, 0.5) is 0 Å². The van der Waals surface area contributed by atoms with E-state index in [4.69, 9.17) is 0 Å². The Hall–Kier alpha value is -5.80. The van der Waals surface area contributed by atoms with E-state index in [1.165, 1.54) is 116 Å².